The second-order valence-electron chi connectivity index (χ2n) is 5.67. The smallest absolute Gasteiger partial charge is 0.240 e. The zero-order chi connectivity index (χ0) is 14.6. The molecule has 0 aromatic carbocycles. The molecule has 2 unspecified atom stereocenters. The Morgan fingerprint density at radius 1 is 1.60 bits per heavy atom. The Kier molecular flexibility index (Phi) is 4.83. The highest BCUT2D eigenvalue weighted by Gasteiger charge is 2.39. The largest absolute Gasteiger partial charge is 0.468 e. The first kappa shape index (κ1) is 15.1. The highest BCUT2D eigenvalue weighted by molar-refractivity contribution is 5.86. The van der Waals surface area contributed by atoms with Gasteiger partial charge in [-0.05, 0) is 52.0 Å². The number of rotatable bonds is 6. The van der Waals surface area contributed by atoms with Gasteiger partial charge in [0, 0.05) is 6.54 Å². The lowest BCUT2D eigenvalue weighted by atomic mass is 9.93. The normalized spacial score (nSPS) is 24.0. The molecular formula is C15H25N3O2. The predicted octanol–water partition coefficient (Wildman–Crippen LogP) is 1.53. The van der Waals surface area contributed by atoms with Gasteiger partial charge < -0.3 is 15.1 Å². The van der Waals surface area contributed by atoms with Gasteiger partial charge in [0.2, 0.25) is 5.91 Å². The number of nitrogens with zero attached hydrogens (tertiary/aromatic N) is 1. The molecule has 1 aliphatic rings. The lowest BCUT2D eigenvalue weighted by molar-refractivity contribution is -0.127. The van der Waals surface area contributed by atoms with E-state index in [0.717, 1.165) is 31.6 Å². The van der Waals surface area contributed by atoms with E-state index in [9.17, 15) is 4.79 Å². The van der Waals surface area contributed by atoms with Crippen LogP contribution in [-0.4, -0.2) is 43.5 Å². The summed E-state index contributed by atoms with van der Waals surface area (Å²) < 4.78 is 5.46. The van der Waals surface area contributed by atoms with Crippen molar-refractivity contribution in [1.29, 1.82) is 0 Å². The van der Waals surface area contributed by atoms with Crippen LogP contribution in [0, 0.1) is 0 Å². The molecule has 5 nitrogen and oxygen atoms in total. The topological polar surface area (TPSA) is 57.5 Å². The van der Waals surface area contributed by atoms with Crippen LogP contribution in [0.3, 0.4) is 0 Å². The van der Waals surface area contributed by atoms with Crippen LogP contribution in [0.25, 0.3) is 0 Å². The lowest BCUT2D eigenvalue weighted by Crippen LogP contribution is -2.54. The van der Waals surface area contributed by atoms with Crippen molar-refractivity contribution >= 4 is 5.91 Å². The summed E-state index contributed by atoms with van der Waals surface area (Å²) in [7, 11) is 3.98. The van der Waals surface area contributed by atoms with Gasteiger partial charge >= 0.3 is 0 Å². The molecule has 2 N–H and O–H groups in total. The van der Waals surface area contributed by atoms with E-state index in [1.165, 1.54) is 0 Å². The number of furan rings is 1. The van der Waals surface area contributed by atoms with Gasteiger partial charge in [0.05, 0.1) is 17.8 Å². The van der Waals surface area contributed by atoms with E-state index >= 15 is 0 Å². The van der Waals surface area contributed by atoms with Gasteiger partial charge in [-0.3, -0.25) is 9.69 Å². The van der Waals surface area contributed by atoms with E-state index in [-0.39, 0.29) is 17.5 Å². The van der Waals surface area contributed by atoms with Gasteiger partial charge in [0.15, 0.2) is 0 Å². The van der Waals surface area contributed by atoms with Crippen LogP contribution in [0.2, 0.25) is 0 Å². The minimum atomic E-state index is -0.375. The summed E-state index contributed by atoms with van der Waals surface area (Å²) in [5.74, 6) is 0.983. The Hall–Kier alpha value is -1.33. The summed E-state index contributed by atoms with van der Waals surface area (Å²) in [5.41, 5.74) is -0.375. The summed E-state index contributed by atoms with van der Waals surface area (Å²) >= 11 is 0. The average Bonchev–Trinajstić information content (AvgIpc) is 3.10. The average molecular weight is 279 g/mol. The molecule has 2 heterocycles. The maximum absolute atomic E-state index is 12.5. The third-order valence-electron chi connectivity index (χ3n) is 4.23. The Balaban J connectivity index is 1.97. The number of hydrogen-bond donors (Lipinski definition) is 2. The van der Waals surface area contributed by atoms with Gasteiger partial charge in [-0.25, -0.2) is 0 Å². The molecule has 1 aromatic heterocycles. The highest BCUT2D eigenvalue weighted by atomic mass is 16.3. The van der Waals surface area contributed by atoms with Crippen molar-refractivity contribution in [2.45, 2.75) is 37.8 Å². The van der Waals surface area contributed by atoms with E-state index in [0.29, 0.717) is 6.54 Å². The monoisotopic (exact) mass is 279 g/mol. The molecule has 0 saturated carbocycles. The van der Waals surface area contributed by atoms with Crippen LogP contribution in [0.5, 0.6) is 0 Å². The molecule has 0 bridgehead atoms. The molecule has 0 radical (unpaired) electrons. The molecule has 1 aromatic rings. The fraction of sp³-hybridized carbons (Fsp3) is 0.667. The zero-order valence-corrected chi connectivity index (χ0v) is 12.6. The van der Waals surface area contributed by atoms with Crippen LogP contribution in [0.15, 0.2) is 22.8 Å². The van der Waals surface area contributed by atoms with Gasteiger partial charge in [-0.2, -0.15) is 0 Å². The number of hydrogen-bond acceptors (Lipinski definition) is 4. The molecule has 112 valence electrons. The van der Waals surface area contributed by atoms with Crippen molar-refractivity contribution in [3.05, 3.63) is 24.2 Å². The van der Waals surface area contributed by atoms with E-state index in [4.69, 9.17) is 4.42 Å². The predicted molar refractivity (Wildman–Crippen MR) is 78.4 cm³/mol. The van der Waals surface area contributed by atoms with Crippen LogP contribution in [0.1, 0.15) is 38.0 Å². The molecular weight excluding hydrogens is 254 g/mol. The van der Waals surface area contributed by atoms with Gasteiger partial charge in [-0.1, -0.05) is 6.92 Å². The molecule has 2 atom stereocenters. The Bertz CT molecular complexity index is 422. The molecule has 1 amide bonds. The maximum Gasteiger partial charge on any atom is 0.240 e. The highest BCUT2D eigenvalue weighted by Crippen LogP contribution is 2.24. The van der Waals surface area contributed by atoms with E-state index in [1.807, 2.05) is 26.2 Å². The first-order valence-electron chi connectivity index (χ1n) is 7.32. The molecule has 0 spiro atoms. The Labute approximate surface area is 120 Å². The minimum Gasteiger partial charge on any atom is -0.468 e. The fourth-order valence-electron chi connectivity index (χ4n) is 2.84. The first-order chi connectivity index (χ1) is 9.59. The number of nitrogens with one attached hydrogen (secondary N) is 2. The summed E-state index contributed by atoms with van der Waals surface area (Å²) in [6.07, 6.45) is 4.48. The second-order valence-corrected chi connectivity index (χ2v) is 5.67. The van der Waals surface area contributed by atoms with E-state index < -0.39 is 0 Å². The van der Waals surface area contributed by atoms with Crippen LogP contribution in [-0.2, 0) is 4.79 Å². The van der Waals surface area contributed by atoms with Crippen molar-refractivity contribution in [2.24, 2.45) is 0 Å². The maximum atomic E-state index is 12.5. The van der Waals surface area contributed by atoms with Crippen LogP contribution >= 0.6 is 0 Å². The van der Waals surface area contributed by atoms with Crippen molar-refractivity contribution in [2.75, 3.05) is 27.2 Å². The quantitative estimate of drug-likeness (QED) is 0.829. The number of likely N-dealkylation sites (N-methyl/N-ethyl adjacent to an activating group) is 1. The molecule has 20 heavy (non-hydrogen) atoms. The zero-order valence-electron chi connectivity index (χ0n) is 12.6. The Morgan fingerprint density at radius 2 is 2.40 bits per heavy atom. The molecule has 0 aliphatic carbocycles. The number of carbonyl (C=O) groups excluding carboxylic acids is 1. The summed E-state index contributed by atoms with van der Waals surface area (Å²) in [5, 5.41) is 6.44. The summed E-state index contributed by atoms with van der Waals surface area (Å²) in [4.78, 5) is 14.5. The third kappa shape index (κ3) is 3.04. The molecule has 1 aliphatic heterocycles. The standard InChI is InChI=1S/C15H25N3O2/c1-4-15(8-6-9-17-15)14(19)16-11-12(18(2)3)13-7-5-10-20-13/h5,7,10,12,17H,4,6,8-9,11H2,1-3H3,(H,16,19). The molecule has 1 fully saturated rings. The van der Waals surface area contributed by atoms with Crippen molar-refractivity contribution < 1.29 is 9.21 Å². The lowest BCUT2D eigenvalue weighted by Gasteiger charge is -2.29. The van der Waals surface area contributed by atoms with Gasteiger partial charge in [0.25, 0.3) is 0 Å². The fourth-order valence-corrected chi connectivity index (χ4v) is 2.84. The molecule has 1 saturated heterocycles. The van der Waals surface area contributed by atoms with Gasteiger partial charge in [-0.15, -0.1) is 0 Å². The minimum absolute atomic E-state index is 0.0595. The van der Waals surface area contributed by atoms with Crippen LogP contribution < -0.4 is 10.6 Å². The molecule has 2 rings (SSSR count). The Morgan fingerprint density at radius 3 is 2.90 bits per heavy atom. The van der Waals surface area contributed by atoms with E-state index in [1.54, 1.807) is 6.26 Å². The number of carbonyl (C=O) groups is 1. The summed E-state index contributed by atoms with van der Waals surface area (Å²) in [6.45, 7) is 3.55. The van der Waals surface area contributed by atoms with Crippen LogP contribution in [0.4, 0.5) is 0 Å². The number of amides is 1. The van der Waals surface area contributed by atoms with Crippen molar-refractivity contribution in [3.8, 4) is 0 Å². The first-order valence-corrected chi connectivity index (χ1v) is 7.32. The SMILES string of the molecule is CCC1(C(=O)NCC(c2ccco2)N(C)C)CCCN1. The summed E-state index contributed by atoms with van der Waals surface area (Å²) in [6, 6.07) is 3.88. The van der Waals surface area contributed by atoms with Crippen molar-refractivity contribution in [3.63, 3.8) is 0 Å². The van der Waals surface area contributed by atoms with Gasteiger partial charge in [0.1, 0.15) is 5.76 Å². The second kappa shape index (κ2) is 6.41. The molecule has 5 heteroatoms. The third-order valence-corrected chi connectivity index (χ3v) is 4.23. The van der Waals surface area contributed by atoms with E-state index in [2.05, 4.69) is 22.5 Å². The van der Waals surface area contributed by atoms with Crippen molar-refractivity contribution in [1.82, 2.24) is 15.5 Å².